The molecule has 1 N–H and O–H groups in total. The zero-order chi connectivity index (χ0) is 15.5. The molecule has 0 bridgehead atoms. The van der Waals surface area contributed by atoms with Gasteiger partial charge in [-0.05, 0) is 26.0 Å². The first-order valence-corrected chi connectivity index (χ1v) is 7.79. The van der Waals surface area contributed by atoms with Crippen molar-refractivity contribution >= 4 is 21.6 Å². The van der Waals surface area contributed by atoms with Gasteiger partial charge < -0.3 is 5.11 Å². The van der Waals surface area contributed by atoms with Crippen LogP contribution in [-0.2, 0) is 16.6 Å². The van der Waals surface area contributed by atoms with Crippen molar-refractivity contribution in [2.24, 2.45) is 0 Å². The number of sulfonamides is 1. The molecule has 0 spiro atoms. The summed E-state index contributed by atoms with van der Waals surface area (Å²) in [6.07, 6.45) is 1.42. The topological polar surface area (TPSA) is 57.6 Å². The number of aliphatic hydroxyl groups is 1. The maximum Gasteiger partial charge on any atom is 0.246 e. The van der Waals surface area contributed by atoms with E-state index in [-0.39, 0.29) is 23.2 Å². The minimum atomic E-state index is -4.06. The molecule has 1 rings (SSSR count). The van der Waals surface area contributed by atoms with Gasteiger partial charge in [0, 0.05) is 23.2 Å². The molecule has 1 aromatic carbocycles. The van der Waals surface area contributed by atoms with Crippen LogP contribution in [-0.4, -0.2) is 30.4 Å². The lowest BCUT2D eigenvalue weighted by Gasteiger charge is -2.25. The third kappa shape index (κ3) is 3.38. The van der Waals surface area contributed by atoms with E-state index in [1.165, 1.54) is 12.1 Å². The third-order valence-corrected chi connectivity index (χ3v) is 4.98. The lowest BCUT2D eigenvalue weighted by molar-refractivity contribution is 0.274. The maximum absolute atomic E-state index is 14.2. The molecular formula is C13H17ClFNO3S. The zero-order valence-corrected chi connectivity index (χ0v) is 12.9. The zero-order valence-electron chi connectivity index (χ0n) is 11.3. The van der Waals surface area contributed by atoms with Gasteiger partial charge in [-0.1, -0.05) is 17.7 Å². The van der Waals surface area contributed by atoms with Crippen LogP contribution in [0.5, 0.6) is 0 Å². The highest BCUT2D eigenvalue weighted by atomic mass is 35.5. The first-order chi connectivity index (χ1) is 9.25. The van der Waals surface area contributed by atoms with Gasteiger partial charge in [0.05, 0.1) is 6.61 Å². The second-order valence-electron chi connectivity index (χ2n) is 4.49. The van der Waals surface area contributed by atoms with Crippen LogP contribution in [0.1, 0.15) is 19.4 Å². The molecule has 0 saturated heterocycles. The van der Waals surface area contributed by atoms with Crippen LogP contribution in [0.2, 0.25) is 5.02 Å². The van der Waals surface area contributed by atoms with Crippen molar-refractivity contribution < 1.29 is 17.9 Å². The van der Waals surface area contributed by atoms with E-state index in [0.29, 0.717) is 0 Å². The Hall–Kier alpha value is -0.950. The Balaban J connectivity index is 3.48. The van der Waals surface area contributed by atoms with Crippen molar-refractivity contribution in [2.45, 2.75) is 31.4 Å². The number of rotatable bonds is 6. The maximum atomic E-state index is 14.2. The molecule has 0 heterocycles. The third-order valence-electron chi connectivity index (χ3n) is 2.72. The highest BCUT2D eigenvalue weighted by Crippen LogP contribution is 2.27. The first-order valence-electron chi connectivity index (χ1n) is 5.97. The molecule has 0 saturated carbocycles. The molecule has 0 aliphatic carbocycles. The second-order valence-corrected chi connectivity index (χ2v) is 6.79. The number of nitrogens with zero attached hydrogens (tertiary/aromatic N) is 1. The average Bonchev–Trinajstić information content (AvgIpc) is 2.37. The van der Waals surface area contributed by atoms with E-state index in [4.69, 9.17) is 16.7 Å². The van der Waals surface area contributed by atoms with Crippen molar-refractivity contribution in [3.05, 3.63) is 41.2 Å². The Morgan fingerprint density at radius 1 is 1.50 bits per heavy atom. The van der Waals surface area contributed by atoms with E-state index in [1.54, 1.807) is 13.8 Å². The van der Waals surface area contributed by atoms with E-state index < -0.39 is 27.3 Å². The predicted octanol–water partition coefficient (Wildman–Crippen LogP) is 2.56. The van der Waals surface area contributed by atoms with Gasteiger partial charge in [0.2, 0.25) is 10.0 Å². The summed E-state index contributed by atoms with van der Waals surface area (Å²) in [7, 11) is -4.06. The SMILES string of the molecule is C=CCN(C(C)C)S(=O)(=O)c1cc(Cl)cc(CO)c1F. The first kappa shape index (κ1) is 17.1. The molecule has 0 radical (unpaired) electrons. The van der Waals surface area contributed by atoms with Gasteiger partial charge in [0.25, 0.3) is 0 Å². The molecule has 20 heavy (non-hydrogen) atoms. The number of benzene rings is 1. The summed E-state index contributed by atoms with van der Waals surface area (Å²) in [5, 5.41) is 9.11. The van der Waals surface area contributed by atoms with Crippen molar-refractivity contribution in [1.82, 2.24) is 4.31 Å². The van der Waals surface area contributed by atoms with Gasteiger partial charge in [0.1, 0.15) is 10.7 Å². The van der Waals surface area contributed by atoms with Gasteiger partial charge in [-0.2, -0.15) is 4.31 Å². The fourth-order valence-electron chi connectivity index (χ4n) is 1.76. The van der Waals surface area contributed by atoms with Crippen molar-refractivity contribution in [3.63, 3.8) is 0 Å². The number of hydrogen-bond acceptors (Lipinski definition) is 3. The van der Waals surface area contributed by atoms with Crippen LogP contribution in [0.15, 0.2) is 29.7 Å². The minimum absolute atomic E-state index is 0.0522. The molecule has 0 atom stereocenters. The summed E-state index contributed by atoms with van der Waals surface area (Å²) in [5.41, 5.74) is -0.154. The molecule has 112 valence electrons. The van der Waals surface area contributed by atoms with Crippen molar-refractivity contribution in [1.29, 1.82) is 0 Å². The summed E-state index contributed by atoms with van der Waals surface area (Å²) in [6, 6.07) is 1.88. The lowest BCUT2D eigenvalue weighted by atomic mass is 10.2. The quantitative estimate of drug-likeness (QED) is 0.819. The number of aliphatic hydroxyl groups excluding tert-OH is 1. The molecule has 4 nitrogen and oxygen atoms in total. The predicted molar refractivity (Wildman–Crippen MR) is 76.6 cm³/mol. The van der Waals surface area contributed by atoms with Crippen LogP contribution >= 0.6 is 11.6 Å². The van der Waals surface area contributed by atoms with E-state index in [0.717, 1.165) is 10.4 Å². The summed E-state index contributed by atoms with van der Waals surface area (Å²) in [5.74, 6) is -0.980. The normalized spacial score (nSPS) is 12.2. The van der Waals surface area contributed by atoms with E-state index >= 15 is 0 Å². The molecule has 0 aromatic heterocycles. The highest BCUT2D eigenvalue weighted by Gasteiger charge is 2.30. The van der Waals surface area contributed by atoms with Crippen molar-refractivity contribution in [3.8, 4) is 0 Å². The van der Waals surface area contributed by atoms with E-state index in [9.17, 15) is 12.8 Å². The summed E-state index contributed by atoms with van der Waals surface area (Å²) in [6.45, 7) is 6.28. The summed E-state index contributed by atoms with van der Waals surface area (Å²) < 4.78 is 40.3. The second kappa shape index (κ2) is 6.67. The lowest BCUT2D eigenvalue weighted by Crippen LogP contribution is -2.37. The largest absolute Gasteiger partial charge is 0.392 e. The fourth-order valence-corrected chi connectivity index (χ4v) is 3.81. The smallest absolute Gasteiger partial charge is 0.246 e. The molecular weight excluding hydrogens is 305 g/mol. The van der Waals surface area contributed by atoms with Gasteiger partial charge in [-0.3, -0.25) is 0 Å². The number of hydrogen-bond donors (Lipinski definition) is 1. The van der Waals surface area contributed by atoms with Gasteiger partial charge in [0.15, 0.2) is 0 Å². The molecule has 0 amide bonds. The Morgan fingerprint density at radius 3 is 2.55 bits per heavy atom. The molecule has 1 aromatic rings. The monoisotopic (exact) mass is 321 g/mol. The Kier molecular flexibility index (Phi) is 5.70. The van der Waals surface area contributed by atoms with Gasteiger partial charge in [-0.25, -0.2) is 12.8 Å². The van der Waals surface area contributed by atoms with Crippen LogP contribution in [0.3, 0.4) is 0 Å². The molecule has 0 aliphatic rings. The standard InChI is InChI=1S/C13H17ClFNO3S/c1-4-5-16(9(2)3)20(18,19)12-7-11(14)6-10(8-17)13(12)15/h4,6-7,9,17H,1,5,8H2,2-3H3. The van der Waals surface area contributed by atoms with Gasteiger partial charge >= 0.3 is 0 Å². The molecule has 0 aliphatic heterocycles. The van der Waals surface area contributed by atoms with Crippen LogP contribution < -0.4 is 0 Å². The van der Waals surface area contributed by atoms with Crippen LogP contribution in [0.4, 0.5) is 4.39 Å². The van der Waals surface area contributed by atoms with Crippen molar-refractivity contribution in [2.75, 3.05) is 6.54 Å². The van der Waals surface area contributed by atoms with E-state index in [1.807, 2.05) is 0 Å². The molecule has 0 unspecified atom stereocenters. The highest BCUT2D eigenvalue weighted by molar-refractivity contribution is 7.89. The van der Waals surface area contributed by atoms with Gasteiger partial charge in [-0.15, -0.1) is 6.58 Å². The van der Waals surface area contributed by atoms with Crippen LogP contribution in [0.25, 0.3) is 0 Å². The fraction of sp³-hybridized carbons (Fsp3) is 0.385. The Morgan fingerprint density at radius 2 is 2.10 bits per heavy atom. The molecule has 7 heteroatoms. The molecule has 0 fully saturated rings. The Labute approximate surface area is 123 Å². The minimum Gasteiger partial charge on any atom is -0.392 e. The summed E-state index contributed by atoms with van der Waals surface area (Å²) >= 11 is 5.79. The van der Waals surface area contributed by atoms with E-state index in [2.05, 4.69) is 6.58 Å². The number of halogens is 2. The van der Waals surface area contributed by atoms with Crippen LogP contribution in [0, 0.1) is 5.82 Å². The Bertz CT molecular complexity index is 602. The summed E-state index contributed by atoms with van der Waals surface area (Å²) in [4.78, 5) is -0.537. The average molecular weight is 322 g/mol.